The van der Waals surface area contributed by atoms with Crippen LogP contribution in [-0.4, -0.2) is 42.9 Å². The number of para-hydroxylation sites is 1. The Hall–Kier alpha value is -2.83. The van der Waals surface area contributed by atoms with Gasteiger partial charge in [-0.3, -0.25) is 0 Å². The predicted molar refractivity (Wildman–Crippen MR) is 134 cm³/mol. The van der Waals surface area contributed by atoms with Crippen LogP contribution in [0, 0.1) is 0 Å². The third-order valence-electron chi connectivity index (χ3n) is 5.99. The van der Waals surface area contributed by atoms with Crippen LogP contribution >= 0.6 is 0 Å². The normalized spacial score (nSPS) is 15.1. The van der Waals surface area contributed by atoms with Gasteiger partial charge in [-0.15, -0.1) is 0 Å². The molecule has 0 unspecified atom stereocenters. The fourth-order valence-corrected chi connectivity index (χ4v) is 4.10. The van der Waals surface area contributed by atoms with Crippen LogP contribution in [0.2, 0.25) is 0 Å². The van der Waals surface area contributed by atoms with Gasteiger partial charge in [-0.1, -0.05) is 42.5 Å². The summed E-state index contributed by atoms with van der Waals surface area (Å²) in [6.45, 7) is 7.74. The van der Waals surface area contributed by atoms with Crippen molar-refractivity contribution in [2.75, 3.05) is 26.3 Å². The second kappa shape index (κ2) is 12.4. The molecule has 2 N–H and O–H groups in total. The Labute approximate surface area is 197 Å². The highest BCUT2D eigenvalue weighted by Gasteiger charge is 2.13. The summed E-state index contributed by atoms with van der Waals surface area (Å²) >= 11 is 0. The lowest BCUT2D eigenvalue weighted by Crippen LogP contribution is -2.38. The van der Waals surface area contributed by atoms with Crippen LogP contribution in [-0.2, 0) is 29.2 Å². The summed E-state index contributed by atoms with van der Waals surface area (Å²) in [5, 5.41) is 8.10. The third-order valence-corrected chi connectivity index (χ3v) is 5.99. The molecule has 1 saturated heterocycles. The number of fused-ring (bicyclic) bond motifs is 1. The molecule has 1 aromatic heterocycles. The lowest BCUT2D eigenvalue weighted by atomic mass is 10.1. The van der Waals surface area contributed by atoms with E-state index in [1.165, 1.54) is 22.0 Å². The zero-order valence-electron chi connectivity index (χ0n) is 19.6. The molecule has 1 fully saturated rings. The van der Waals surface area contributed by atoms with E-state index in [2.05, 4.69) is 82.9 Å². The van der Waals surface area contributed by atoms with Gasteiger partial charge in [-0.05, 0) is 54.8 Å². The average Bonchev–Trinajstić information content (AvgIpc) is 3.28. The average molecular weight is 449 g/mol. The molecule has 176 valence electrons. The number of aromatic nitrogens is 1. The Morgan fingerprint density at radius 1 is 1.03 bits per heavy atom. The van der Waals surface area contributed by atoms with Crippen molar-refractivity contribution in [1.29, 1.82) is 0 Å². The van der Waals surface area contributed by atoms with Gasteiger partial charge < -0.3 is 24.7 Å². The molecule has 3 aromatic rings. The van der Waals surface area contributed by atoms with Crippen molar-refractivity contribution in [3.63, 3.8) is 0 Å². The maximum absolute atomic E-state index is 6.02. The topological polar surface area (TPSA) is 59.8 Å². The molecule has 6 heteroatoms. The molecule has 4 rings (SSSR count). The number of aryl methyl sites for hydroxylation is 1. The monoisotopic (exact) mass is 448 g/mol. The smallest absolute Gasteiger partial charge is 0.191 e. The van der Waals surface area contributed by atoms with Crippen LogP contribution in [0.1, 0.15) is 37.3 Å². The number of aliphatic imine (C=N–C) groups is 1. The molecule has 1 aliphatic heterocycles. The van der Waals surface area contributed by atoms with Gasteiger partial charge in [0, 0.05) is 44.6 Å². The fraction of sp³-hybridized carbons (Fsp3) is 0.444. The van der Waals surface area contributed by atoms with Gasteiger partial charge in [0.1, 0.15) is 0 Å². The number of nitrogens with zero attached hydrogens (tertiary/aromatic N) is 2. The molecule has 0 atom stereocenters. The maximum atomic E-state index is 6.02. The van der Waals surface area contributed by atoms with Gasteiger partial charge in [0.05, 0.1) is 19.3 Å². The van der Waals surface area contributed by atoms with Crippen molar-refractivity contribution in [3.05, 3.63) is 71.9 Å². The van der Waals surface area contributed by atoms with Crippen molar-refractivity contribution in [2.45, 2.75) is 52.0 Å². The SMILES string of the molecule is CCNC(=NCc1ccc(COC2CCOCC2)cc1)NCCCn1ccc2ccccc21. The Morgan fingerprint density at radius 2 is 1.82 bits per heavy atom. The number of guanidine groups is 1. The van der Waals surface area contributed by atoms with E-state index in [4.69, 9.17) is 14.5 Å². The molecule has 0 saturated carbocycles. The van der Waals surface area contributed by atoms with E-state index in [-0.39, 0.29) is 0 Å². The molecule has 6 nitrogen and oxygen atoms in total. The van der Waals surface area contributed by atoms with E-state index in [1.807, 2.05) is 0 Å². The summed E-state index contributed by atoms with van der Waals surface area (Å²) < 4.78 is 13.7. The van der Waals surface area contributed by atoms with Gasteiger partial charge in [-0.2, -0.15) is 0 Å². The fourth-order valence-electron chi connectivity index (χ4n) is 4.10. The van der Waals surface area contributed by atoms with Gasteiger partial charge in [0.15, 0.2) is 5.96 Å². The van der Waals surface area contributed by atoms with E-state index in [0.717, 1.165) is 58.1 Å². The second-order valence-electron chi connectivity index (χ2n) is 8.48. The first kappa shape index (κ1) is 23.3. The number of ether oxygens (including phenoxy) is 2. The molecular weight excluding hydrogens is 412 g/mol. The van der Waals surface area contributed by atoms with Crippen LogP contribution in [0.5, 0.6) is 0 Å². The van der Waals surface area contributed by atoms with E-state index in [0.29, 0.717) is 19.3 Å². The van der Waals surface area contributed by atoms with Crippen molar-refractivity contribution in [1.82, 2.24) is 15.2 Å². The minimum atomic E-state index is 0.327. The molecule has 0 radical (unpaired) electrons. The molecule has 2 heterocycles. The van der Waals surface area contributed by atoms with E-state index >= 15 is 0 Å². The molecule has 0 bridgehead atoms. The zero-order valence-corrected chi connectivity index (χ0v) is 19.6. The van der Waals surface area contributed by atoms with Gasteiger partial charge >= 0.3 is 0 Å². The van der Waals surface area contributed by atoms with E-state index < -0.39 is 0 Å². The van der Waals surface area contributed by atoms with Crippen molar-refractivity contribution < 1.29 is 9.47 Å². The molecular formula is C27H36N4O2. The quantitative estimate of drug-likeness (QED) is 0.273. The standard InChI is InChI=1S/C27H36N4O2/c1-2-28-27(29-15-5-16-31-17-12-24-6-3-4-7-26(24)31)30-20-22-8-10-23(11-9-22)21-33-25-13-18-32-19-14-25/h3-4,6-12,17,25H,2,5,13-16,18-21H2,1H3,(H2,28,29,30). The zero-order chi connectivity index (χ0) is 22.7. The third kappa shape index (κ3) is 7.07. The number of rotatable bonds is 10. The molecule has 0 aliphatic carbocycles. The first-order valence-corrected chi connectivity index (χ1v) is 12.1. The van der Waals surface area contributed by atoms with Gasteiger partial charge in [0.25, 0.3) is 0 Å². The van der Waals surface area contributed by atoms with Gasteiger partial charge in [-0.25, -0.2) is 4.99 Å². The number of benzene rings is 2. The second-order valence-corrected chi connectivity index (χ2v) is 8.48. The summed E-state index contributed by atoms with van der Waals surface area (Å²) in [6, 6.07) is 19.3. The Morgan fingerprint density at radius 3 is 2.64 bits per heavy atom. The number of hydrogen-bond acceptors (Lipinski definition) is 3. The lowest BCUT2D eigenvalue weighted by Gasteiger charge is -2.22. The summed E-state index contributed by atoms with van der Waals surface area (Å²) in [4.78, 5) is 4.76. The van der Waals surface area contributed by atoms with Crippen LogP contribution in [0.25, 0.3) is 10.9 Å². The van der Waals surface area contributed by atoms with Crippen LogP contribution in [0.15, 0.2) is 65.8 Å². The van der Waals surface area contributed by atoms with Gasteiger partial charge in [0.2, 0.25) is 0 Å². The highest BCUT2D eigenvalue weighted by Crippen LogP contribution is 2.16. The predicted octanol–water partition coefficient (Wildman–Crippen LogP) is 4.48. The summed E-state index contributed by atoms with van der Waals surface area (Å²) in [5.41, 5.74) is 3.69. The molecule has 1 aliphatic rings. The molecule has 0 spiro atoms. The molecule has 0 amide bonds. The van der Waals surface area contributed by atoms with E-state index in [9.17, 15) is 0 Å². The number of hydrogen-bond donors (Lipinski definition) is 2. The van der Waals surface area contributed by atoms with Crippen LogP contribution in [0.4, 0.5) is 0 Å². The Bertz CT molecular complexity index is 1010. The number of nitrogens with one attached hydrogen (secondary N) is 2. The van der Waals surface area contributed by atoms with Crippen molar-refractivity contribution >= 4 is 16.9 Å². The molecule has 2 aromatic carbocycles. The van der Waals surface area contributed by atoms with E-state index in [1.54, 1.807) is 0 Å². The van der Waals surface area contributed by atoms with Crippen LogP contribution < -0.4 is 10.6 Å². The maximum Gasteiger partial charge on any atom is 0.191 e. The Balaban J connectivity index is 1.21. The molecule has 33 heavy (non-hydrogen) atoms. The van der Waals surface area contributed by atoms with Crippen LogP contribution in [0.3, 0.4) is 0 Å². The minimum absolute atomic E-state index is 0.327. The van der Waals surface area contributed by atoms with Crippen molar-refractivity contribution in [3.8, 4) is 0 Å². The highest BCUT2D eigenvalue weighted by atomic mass is 16.5. The summed E-state index contributed by atoms with van der Waals surface area (Å²) in [5.74, 6) is 0.863. The highest BCUT2D eigenvalue weighted by molar-refractivity contribution is 5.80. The summed E-state index contributed by atoms with van der Waals surface area (Å²) in [7, 11) is 0. The Kier molecular flexibility index (Phi) is 8.78. The minimum Gasteiger partial charge on any atom is -0.381 e. The first-order chi connectivity index (χ1) is 16.3. The first-order valence-electron chi connectivity index (χ1n) is 12.1. The summed E-state index contributed by atoms with van der Waals surface area (Å²) in [6.07, 6.45) is 5.52. The lowest BCUT2D eigenvalue weighted by molar-refractivity contribution is -0.0390. The van der Waals surface area contributed by atoms with Crippen molar-refractivity contribution in [2.24, 2.45) is 4.99 Å². The largest absolute Gasteiger partial charge is 0.381 e.